The molecule has 5 heteroatoms. The van der Waals surface area contributed by atoms with E-state index in [2.05, 4.69) is 56.7 Å². The fourth-order valence-corrected chi connectivity index (χ4v) is 3.57. The largest absolute Gasteiger partial charge is 0.396 e. The molecule has 0 aliphatic rings. The van der Waals surface area contributed by atoms with E-state index >= 15 is 0 Å². The highest BCUT2D eigenvalue weighted by atomic mass is 79.9. The number of hydrogen-bond acceptors (Lipinski definition) is 4. The Balaban J connectivity index is 1.92. The number of fused-ring (bicyclic) bond motifs is 1. The van der Waals surface area contributed by atoms with Crippen molar-refractivity contribution in [3.63, 3.8) is 0 Å². The summed E-state index contributed by atoms with van der Waals surface area (Å²) in [7, 11) is 0. The molecule has 0 aliphatic carbocycles. The van der Waals surface area contributed by atoms with Crippen molar-refractivity contribution in [2.75, 3.05) is 11.1 Å². The number of pyridine rings is 1. The molecule has 3 aromatic rings. The smallest absolute Gasteiger partial charge is 0.0743 e. The van der Waals surface area contributed by atoms with Crippen LogP contribution in [0.1, 0.15) is 11.8 Å². The van der Waals surface area contributed by atoms with Gasteiger partial charge in [0.15, 0.2) is 0 Å². The fourth-order valence-electron chi connectivity index (χ4n) is 2.37. The van der Waals surface area contributed by atoms with E-state index in [9.17, 15) is 0 Å². The van der Waals surface area contributed by atoms with E-state index in [-0.39, 0.29) is 0 Å². The van der Waals surface area contributed by atoms with Crippen LogP contribution in [0.25, 0.3) is 10.9 Å². The fraction of sp³-hybridized carbons (Fsp3) is 0.188. The van der Waals surface area contributed by atoms with Crippen LogP contribution >= 0.6 is 27.3 Å². The predicted octanol–water partition coefficient (Wildman–Crippen LogP) is 4.68. The lowest BCUT2D eigenvalue weighted by molar-refractivity contribution is 0.802. The molecule has 0 fully saturated rings. The third-order valence-corrected chi connectivity index (χ3v) is 4.73. The molecule has 3 rings (SSSR count). The van der Waals surface area contributed by atoms with Crippen LogP contribution in [0.2, 0.25) is 0 Å². The molecule has 3 N–H and O–H groups in total. The molecule has 2 aromatic heterocycles. The van der Waals surface area contributed by atoms with Gasteiger partial charge in [-0.1, -0.05) is 22.0 Å². The Morgan fingerprint density at radius 2 is 2.24 bits per heavy atom. The lowest BCUT2D eigenvalue weighted by Gasteiger charge is -2.18. The van der Waals surface area contributed by atoms with E-state index in [0.29, 0.717) is 11.7 Å². The molecule has 0 aliphatic heterocycles. The van der Waals surface area contributed by atoms with Gasteiger partial charge in [0, 0.05) is 27.2 Å². The third-order valence-electron chi connectivity index (χ3n) is 3.34. The molecule has 0 bridgehead atoms. The molecular formula is C16H16BrN3S. The quantitative estimate of drug-likeness (QED) is 0.708. The van der Waals surface area contributed by atoms with Gasteiger partial charge in [-0.15, -0.1) is 11.3 Å². The Kier molecular flexibility index (Phi) is 4.12. The summed E-state index contributed by atoms with van der Waals surface area (Å²) < 4.78 is 1.02. The zero-order valence-electron chi connectivity index (χ0n) is 11.6. The average Bonchev–Trinajstić information content (AvgIpc) is 2.95. The van der Waals surface area contributed by atoms with E-state index in [1.807, 2.05) is 12.1 Å². The van der Waals surface area contributed by atoms with Gasteiger partial charge in [0.05, 0.1) is 23.1 Å². The van der Waals surface area contributed by atoms with Crippen molar-refractivity contribution in [2.45, 2.75) is 19.4 Å². The van der Waals surface area contributed by atoms with Crippen LogP contribution in [0.4, 0.5) is 11.4 Å². The zero-order valence-corrected chi connectivity index (χ0v) is 14.0. The molecule has 0 saturated carbocycles. The minimum Gasteiger partial charge on any atom is -0.396 e. The molecule has 21 heavy (non-hydrogen) atoms. The van der Waals surface area contributed by atoms with Crippen LogP contribution in [-0.4, -0.2) is 11.0 Å². The number of nitrogens with one attached hydrogen (secondary N) is 1. The number of hydrogen-bond donors (Lipinski definition) is 2. The molecule has 0 amide bonds. The predicted molar refractivity (Wildman–Crippen MR) is 95.0 cm³/mol. The number of nitrogens with two attached hydrogens (primary N) is 1. The number of aromatic nitrogens is 1. The van der Waals surface area contributed by atoms with Gasteiger partial charge in [-0.05, 0) is 36.6 Å². The number of benzene rings is 1. The van der Waals surface area contributed by atoms with Gasteiger partial charge in [0.1, 0.15) is 0 Å². The number of rotatable bonds is 4. The van der Waals surface area contributed by atoms with Crippen molar-refractivity contribution >= 4 is 49.5 Å². The maximum atomic E-state index is 6.12. The summed E-state index contributed by atoms with van der Waals surface area (Å²) in [5.41, 5.74) is 8.71. The van der Waals surface area contributed by atoms with E-state index in [4.69, 9.17) is 5.73 Å². The minimum absolute atomic E-state index is 0.301. The van der Waals surface area contributed by atoms with Crippen molar-refractivity contribution < 1.29 is 0 Å². The number of nitrogen functional groups attached to an aromatic ring is 1. The van der Waals surface area contributed by atoms with Crippen LogP contribution in [0, 0.1) is 0 Å². The monoisotopic (exact) mass is 361 g/mol. The standard InChI is InChI=1S/C16H16BrN3S/c1-10(7-12-3-2-6-21-12)20-16-13-8-11(17)4-5-15(13)19-9-14(16)18/h2-6,8-10H,7,18H2,1H3,(H,19,20). The normalized spacial score (nSPS) is 12.5. The number of halogens is 1. The molecule has 1 unspecified atom stereocenters. The first-order chi connectivity index (χ1) is 10.1. The van der Waals surface area contributed by atoms with Crippen LogP contribution < -0.4 is 11.1 Å². The molecule has 3 nitrogen and oxygen atoms in total. The highest BCUT2D eigenvalue weighted by Crippen LogP contribution is 2.31. The lowest BCUT2D eigenvalue weighted by atomic mass is 10.1. The lowest BCUT2D eigenvalue weighted by Crippen LogP contribution is -2.18. The second-order valence-corrected chi connectivity index (χ2v) is 7.03. The van der Waals surface area contributed by atoms with Crippen LogP contribution in [-0.2, 0) is 6.42 Å². The van der Waals surface area contributed by atoms with Gasteiger partial charge in [-0.3, -0.25) is 4.98 Å². The Bertz CT molecular complexity index is 750. The van der Waals surface area contributed by atoms with Crippen molar-refractivity contribution in [2.24, 2.45) is 0 Å². The van der Waals surface area contributed by atoms with Gasteiger partial charge in [0.25, 0.3) is 0 Å². The SMILES string of the molecule is CC(Cc1cccs1)Nc1c(N)cnc2ccc(Br)cc12. The first-order valence-electron chi connectivity index (χ1n) is 6.76. The summed E-state index contributed by atoms with van der Waals surface area (Å²) in [4.78, 5) is 5.75. The maximum absolute atomic E-state index is 6.12. The molecule has 1 aromatic carbocycles. The maximum Gasteiger partial charge on any atom is 0.0743 e. The van der Waals surface area contributed by atoms with Gasteiger partial charge >= 0.3 is 0 Å². The summed E-state index contributed by atoms with van der Waals surface area (Å²) in [5.74, 6) is 0. The highest BCUT2D eigenvalue weighted by Gasteiger charge is 2.11. The zero-order chi connectivity index (χ0) is 14.8. The van der Waals surface area contributed by atoms with E-state index in [1.165, 1.54) is 4.88 Å². The van der Waals surface area contributed by atoms with Gasteiger partial charge < -0.3 is 11.1 Å². The van der Waals surface area contributed by atoms with E-state index in [0.717, 1.165) is 27.5 Å². The topological polar surface area (TPSA) is 50.9 Å². The molecule has 0 radical (unpaired) electrons. The van der Waals surface area contributed by atoms with Crippen LogP contribution in [0.5, 0.6) is 0 Å². The van der Waals surface area contributed by atoms with Crippen LogP contribution in [0.15, 0.2) is 46.4 Å². The van der Waals surface area contributed by atoms with Crippen LogP contribution in [0.3, 0.4) is 0 Å². The molecule has 0 saturated heterocycles. The molecule has 2 heterocycles. The Morgan fingerprint density at radius 1 is 1.38 bits per heavy atom. The Morgan fingerprint density at radius 3 is 3.00 bits per heavy atom. The number of anilines is 2. The van der Waals surface area contributed by atoms with Gasteiger partial charge in [0.2, 0.25) is 0 Å². The summed E-state index contributed by atoms with van der Waals surface area (Å²) in [6.07, 6.45) is 2.70. The number of thiophene rings is 1. The average molecular weight is 362 g/mol. The number of nitrogens with zero attached hydrogens (tertiary/aromatic N) is 1. The Labute approximate surface area is 136 Å². The summed E-state index contributed by atoms with van der Waals surface area (Å²) in [6, 6.07) is 10.6. The van der Waals surface area contributed by atoms with E-state index < -0.39 is 0 Å². The second-order valence-electron chi connectivity index (χ2n) is 5.08. The van der Waals surface area contributed by atoms with E-state index in [1.54, 1.807) is 17.5 Å². The van der Waals surface area contributed by atoms with Crippen molar-refractivity contribution in [3.05, 3.63) is 51.3 Å². The minimum atomic E-state index is 0.301. The summed E-state index contributed by atoms with van der Waals surface area (Å²) >= 11 is 5.29. The highest BCUT2D eigenvalue weighted by molar-refractivity contribution is 9.10. The molecule has 0 spiro atoms. The van der Waals surface area contributed by atoms with Crippen molar-refractivity contribution in [1.82, 2.24) is 4.98 Å². The van der Waals surface area contributed by atoms with Gasteiger partial charge in [-0.25, -0.2) is 0 Å². The van der Waals surface area contributed by atoms with Crippen molar-refractivity contribution in [1.29, 1.82) is 0 Å². The van der Waals surface area contributed by atoms with Gasteiger partial charge in [-0.2, -0.15) is 0 Å². The first kappa shape index (κ1) is 14.4. The summed E-state index contributed by atoms with van der Waals surface area (Å²) in [5, 5.41) is 6.69. The Hall–Kier alpha value is -1.59. The first-order valence-corrected chi connectivity index (χ1v) is 8.43. The molecule has 108 valence electrons. The third kappa shape index (κ3) is 3.19. The molecular weight excluding hydrogens is 346 g/mol. The van der Waals surface area contributed by atoms with Crippen molar-refractivity contribution in [3.8, 4) is 0 Å². The second kappa shape index (κ2) is 6.03. The molecule has 1 atom stereocenters. The summed E-state index contributed by atoms with van der Waals surface area (Å²) in [6.45, 7) is 2.17.